The van der Waals surface area contributed by atoms with Gasteiger partial charge in [-0.3, -0.25) is 0 Å². The van der Waals surface area contributed by atoms with Crippen molar-refractivity contribution in [1.29, 1.82) is 0 Å². The first-order valence-corrected chi connectivity index (χ1v) is 10.8. The zero-order valence-corrected chi connectivity index (χ0v) is 18.6. The van der Waals surface area contributed by atoms with Crippen LogP contribution in [-0.2, 0) is 28.4 Å². The van der Waals surface area contributed by atoms with Gasteiger partial charge in [0.15, 0.2) is 18.4 Å². The Morgan fingerprint density at radius 3 is 2.50 bits per heavy atom. The second-order valence-electron chi connectivity index (χ2n) is 9.18. The van der Waals surface area contributed by atoms with E-state index >= 15 is 0 Å². The van der Waals surface area contributed by atoms with Crippen LogP contribution in [0.1, 0.15) is 58.8 Å². The van der Waals surface area contributed by atoms with Gasteiger partial charge in [0.25, 0.3) is 0 Å². The summed E-state index contributed by atoms with van der Waals surface area (Å²) in [6, 6.07) is 0. The number of methoxy groups -OCH3 is 4. The Morgan fingerprint density at radius 2 is 1.86 bits per heavy atom. The van der Waals surface area contributed by atoms with Gasteiger partial charge >= 0.3 is 0 Å². The molecule has 4 rings (SSSR count). The van der Waals surface area contributed by atoms with Crippen LogP contribution in [0.15, 0.2) is 0 Å². The van der Waals surface area contributed by atoms with E-state index in [1.807, 2.05) is 0 Å². The van der Waals surface area contributed by atoms with Crippen LogP contribution in [-0.4, -0.2) is 59.5 Å². The Kier molecular flexibility index (Phi) is 7.43. The van der Waals surface area contributed by atoms with Crippen molar-refractivity contribution in [3.63, 3.8) is 0 Å². The monoisotopic (exact) mass is 400 g/mol. The number of hydrogen-bond donors (Lipinski definition) is 0. The van der Waals surface area contributed by atoms with E-state index in [4.69, 9.17) is 28.4 Å². The quantitative estimate of drug-likeness (QED) is 0.575. The van der Waals surface area contributed by atoms with Crippen LogP contribution in [0.4, 0.5) is 0 Å². The van der Waals surface area contributed by atoms with Crippen molar-refractivity contribution in [3.05, 3.63) is 0 Å². The van der Waals surface area contributed by atoms with Crippen LogP contribution in [0.5, 0.6) is 0 Å². The van der Waals surface area contributed by atoms with Gasteiger partial charge in [-0.1, -0.05) is 13.8 Å². The van der Waals surface area contributed by atoms with Crippen molar-refractivity contribution in [1.82, 2.24) is 0 Å². The topological polar surface area (TPSA) is 55.4 Å². The van der Waals surface area contributed by atoms with E-state index in [1.165, 1.54) is 0 Å². The Morgan fingerprint density at radius 1 is 1.11 bits per heavy atom. The lowest BCUT2D eigenvalue weighted by Gasteiger charge is -2.55. The molecule has 3 aliphatic heterocycles. The molecule has 0 amide bonds. The first-order valence-electron chi connectivity index (χ1n) is 10.8. The minimum absolute atomic E-state index is 0.0733. The zero-order chi connectivity index (χ0) is 20.4. The maximum Gasteiger partial charge on any atom is 0.168 e. The molecule has 6 nitrogen and oxygen atoms in total. The molecular formula is C22H40O6. The SMILES string of the molecule is COC(CCC[C@@H]1CC2(OC)C[C@@H](C)[C@]1(C)[C@@H]1C[C@@H](CCO2)C(OC)O1)OC. The van der Waals surface area contributed by atoms with Gasteiger partial charge in [0.1, 0.15) is 0 Å². The third-order valence-corrected chi connectivity index (χ3v) is 7.99. The molecule has 4 fully saturated rings. The molecule has 0 aromatic heterocycles. The fourth-order valence-corrected chi connectivity index (χ4v) is 5.98. The minimum Gasteiger partial charge on any atom is -0.356 e. The van der Waals surface area contributed by atoms with Crippen LogP contribution < -0.4 is 0 Å². The van der Waals surface area contributed by atoms with Gasteiger partial charge in [0.05, 0.1) is 12.7 Å². The van der Waals surface area contributed by atoms with E-state index in [1.54, 1.807) is 28.4 Å². The van der Waals surface area contributed by atoms with Crippen molar-refractivity contribution in [2.45, 2.75) is 83.3 Å². The molecule has 0 aromatic carbocycles. The van der Waals surface area contributed by atoms with Gasteiger partial charge in [0, 0.05) is 47.2 Å². The Balaban J connectivity index is 1.84. The van der Waals surface area contributed by atoms with E-state index in [2.05, 4.69) is 13.8 Å². The maximum atomic E-state index is 6.51. The number of ether oxygens (including phenoxy) is 6. The molecule has 7 atom stereocenters. The van der Waals surface area contributed by atoms with Crippen LogP contribution >= 0.6 is 0 Å². The molecule has 4 aliphatic rings. The van der Waals surface area contributed by atoms with E-state index < -0.39 is 5.79 Å². The van der Waals surface area contributed by atoms with E-state index in [-0.39, 0.29) is 24.1 Å². The Hall–Kier alpha value is -0.240. The molecule has 28 heavy (non-hydrogen) atoms. The summed E-state index contributed by atoms with van der Waals surface area (Å²) in [5.41, 5.74) is 0.0733. The minimum atomic E-state index is -0.481. The van der Waals surface area contributed by atoms with Crippen LogP contribution in [0.2, 0.25) is 0 Å². The fourth-order valence-electron chi connectivity index (χ4n) is 5.98. The van der Waals surface area contributed by atoms with Crippen molar-refractivity contribution in [2.75, 3.05) is 35.0 Å². The molecule has 0 radical (unpaired) electrons. The van der Waals surface area contributed by atoms with E-state index in [0.717, 1.165) is 44.9 Å². The lowest BCUT2D eigenvalue weighted by atomic mass is 9.55. The number of fused-ring (bicyclic) bond motifs is 4. The van der Waals surface area contributed by atoms with Crippen LogP contribution in [0, 0.1) is 23.2 Å². The highest BCUT2D eigenvalue weighted by atomic mass is 16.7. The summed E-state index contributed by atoms with van der Waals surface area (Å²) in [7, 11) is 6.96. The highest BCUT2D eigenvalue weighted by molar-refractivity contribution is 5.04. The average Bonchev–Trinajstić information content (AvgIpc) is 3.11. The van der Waals surface area contributed by atoms with Crippen molar-refractivity contribution < 1.29 is 28.4 Å². The fraction of sp³-hybridized carbons (Fsp3) is 1.00. The molecule has 164 valence electrons. The smallest absolute Gasteiger partial charge is 0.168 e. The summed E-state index contributed by atoms with van der Waals surface area (Å²) in [4.78, 5) is 0. The van der Waals surface area contributed by atoms with Crippen molar-refractivity contribution >= 4 is 0 Å². The summed E-state index contributed by atoms with van der Waals surface area (Å²) in [6.07, 6.45) is 6.81. The lowest BCUT2D eigenvalue weighted by molar-refractivity contribution is -0.282. The third kappa shape index (κ3) is 4.14. The molecule has 0 aromatic rings. The van der Waals surface area contributed by atoms with Gasteiger partial charge < -0.3 is 28.4 Å². The third-order valence-electron chi connectivity index (χ3n) is 7.99. The normalized spacial score (nSPS) is 43.6. The van der Waals surface area contributed by atoms with Gasteiger partial charge in [-0.15, -0.1) is 0 Å². The molecular weight excluding hydrogens is 360 g/mol. The molecule has 0 N–H and O–H groups in total. The molecule has 0 spiro atoms. The number of hydrogen-bond acceptors (Lipinski definition) is 6. The lowest BCUT2D eigenvalue weighted by Crippen LogP contribution is -2.56. The second-order valence-corrected chi connectivity index (χ2v) is 9.18. The summed E-state index contributed by atoms with van der Waals surface area (Å²) in [5, 5.41) is 0. The summed E-state index contributed by atoms with van der Waals surface area (Å²) in [5.74, 6) is 0.792. The molecule has 3 saturated heterocycles. The average molecular weight is 401 g/mol. The van der Waals surface area contributed by atoms with Crippen LogP contribution in [0.25, 0.3) is 0 Å². The molecule has 1 saturated carbocycles. The molecule has 2 unspecified atom stereocenters. The number of rotatable bonds is 8. The predicted molar refractivity (Wildman–Crippen MR) is 106 cm³/mol. The van der Waals surface area contributed by atoms with Gasteiger partial charge in [-0.2, -0.15) is 0 Å². The maximum absolute atomic E-state index is 6.51. The first kappa shape index (κ1) is 22.4. The van der Waals surface area contributed by atoms with Gasteiger partial charge in [-0.25, -0.2) is 0 Å². The second kappa shape index (κ2) is 9.27. The van der Waals surface area contributed by atoms with E-state index in [0.29, 0.717) is 24.4 Å². The zero-order valence-electron chi connectivity index (χ0n) is 18.6. The standard InChI is InChI=1S/C22H40O6/c1-15-13-22(26-6)14-17(8-7-9-19(23-3)24-4)21(15,2)18-12-16(10-11-27-22)20(25-5)28-18/h15-20H,7-14H2,1-6H3/t15-,16-,17-,18+,20?,21+,22?/m1/s1. The van der Waals surface area contributed by atoms with Crippen molar-refractivity contribution in [3.8, 4) is 0 Å². The molecule has 3 heterocycles. The largest absolute Gasteiger partial charge is 0.356 e. The Bertz CT molecular complexity index is 497. The highest BCUT2D eigenvalue weighted by Crippen LogP contribution is 2.58. The molecule has 1 aliphatic carbocycles. The summed E-state index contributed by atoms with van der Waals surface area (Å²) in [6.45, 7) is 5.46. The van der Waals surface area contributed by atoms with E-state index in [9.17, 15) is 0 Å². The van der Waals surface area contributed by atoms with Crippen molar-refractivity contribution in [2.24, 2.45) is 23.2 Å². The van der Waals surface area contributed by atoms with Crippen LogP contribution in [0.3, 0.4) is 0 Å². The first-order chi connectivity index (χ1) is 13.4. The summed E-state index contributed by atoms with van der Waals surface area (Å²) < 4.78 is 35.4. The Labute approximate surface area is 170 Å². The molecule has 6 heteroatoms. The summed E-state index contributed by atoms with van der Waals surface area (Å²) >= 11 is 0. The molecule has 4 bridgehead atoms. The van der Waals surface area contributed by atoms with Gasteiger partial charge in [-0.05, 0) is 49.4 Å². The highest BCUT2D eigenvalue weighted by Gasteiger charge is 2.58. The predicted octanol–water partition coefficient (Wildman–Crippen LogP) is 3.97. The van der Waals surface area contributed by atoms with Gasteiger partial charge in [0.2, 0.25) is 0 Å².